The van der Waals surface area contributed by atoms with E-state index in [1.54, 1.807) is 30.3 Å². The molecule has 0 fully saturated rings. The second-order valence-corrected chi connectivity index (χ2v) is 11.7. The maximum Gasteiger partial charge on any atom is 0.312 e. The molecule has 1 radical (unpaired) electrons. The molecule has 1 aliphatic carbocycles. The Balaban J connectivity index is 0.000000229. The summed E-state index contributed by atoms with van der Waals surface area (Å²) in [6.07, 6.45) is 5.46. The van der Waals surface area contributed by atoms with Crippen LogP contribution in [0.15, 0.2) is 99.9 Å². The van der Waals surface area contributed by atoms with Crippen LogP contribution in [0.3, 0.4) is 0 Å². The zero-order valence-corrected chi connectivity index (χ0v) is 23.4. The molecule has 0 bridgehead atoms. The molecule has 0 atom stereocenters. The van der Waals surface area contributed by atoms with E-state index in [2.05, 4.69) is 29.3 Å². The average molecular weight is 718 g/mol. The number of hydrogen-bond donors (Lipinski definition) is 1. The van der Waals surface area contributed by atoms with Crippen LogP contribution >= 0.6 is 0 Å². The molecular weight excluding hydrogens is 701 g/mol. The van der Waals surface area contributed by atoms with Crippen molar-refractivity contribution in [1.82, 2.24) is 9.97 Å². The maximum atomic E-state index is 13.0. The monoisotopic (exact) mass is 718 g/mol. The van der Waals surface area contributed by atoms with Crippen molar-refractivity contribution in [3.63, 3.8) is 0 Å². The van der Waals surface area contributed by atoms with Gasteiger partial charge in [0.1, 0.15) is 0 Å². The number of rotatable bonds is 2. The van der Waals surface area contributed by atoms with Crippen LogP contribution in [0, 0.1) is 6.07 Å². The van der Waals surface area contributed by atoms with E-state index in [-0.39, 0.29) is 25.1 Å². The smallest absolute Gasteiger partial charge is 0.296 e. The zero-order valence-electron chi connectivity index (χ0n) is 19.4. The third-order valence-electron chi connectivity index (χ3n) is 6.19. The summed E-state index contributed by atoms with van der Waals surface area (Å²) in [4.78, 5) is 8.94. The van der Waals surface area contributed by atoms with Gasteiger partial charge in [-0.2, -0.15) is 8.42 Å². The van der Waals surface area contributed by atoms with E-state index in [9.17, 15) is 16.8 Å². The number of fused-ring (bicyclic) bond motifs is 3. The maximum absolute atomic E-state index is 13.0. The molecule has 38 heavy (non-hydrogen) atoms. The van der Waals surface area contributed by atoms with Crippen LogP contribution in [0.4, 0.5) is 0 Å². The van der Waals surface area contributed by atoms with Crippen LogP contribution in [0.5, 0.6) is 0 Å². The number of benzene rings is 3. The van der Waals surface area contributed by atoms with Crippen LogP contribution in [0.25, 0.3) is 45.4 Å². The van der Waals surface area contributed by atoms with E-state index in [1.807, 2.05) is 30.3 Å². The molecule has 0 saturated heterocycles. The fourth-order valence-corrected chi connectivity index (χ4v) is 6.75. The Kier molecular flexibility index (Phi) is 6.63. The van der Waals surface area contributed by atoms with Crippen molar-refractivity contribution in [2.45, 2.75) is 14.8 Å². The fraction of sp³-hybridized carbons (Fsp3) is 0. The summed E-state index contributed by atoms with van der Waals surface area (Å²) >= 11 is 0. The van der Waals surface area contributed by atoms with Gasteiger partial charge in [-0.3, -0.25) is 9.54 Å². The van der Waals surface area contributed by atoms with Crippen LogP contribution < -0.4 is 0 Å². The summed E-state index contributed by atoms with van der Waals surface area (Å²) in [5, 5.41) is 0.817. The second-order valence-electron chi connectivity index (χ2n) is 8.41. The molecule has 2 aromatic heterocycles. The summed E-state index contributed by atoms with van der Waals surface area (Å²) < 4.78 is 55.0. The normalized spacial score (nSPS) is 13.7. The summed E-state index contributed by atoms with van der Waals surface area (Å²) in [6, 6.07) is 26.0. The first-order valence-corrected chi connectivity index (χ1v) is 14.1. The van der Waals surface area contributed by atoms with E-state index in [4.69, 9.17) is 9.54 Å². The molecule has 0 saturated carbocycles. The first-order chi connectivity index (χ1) is 17.7. The molecule has 0 unspecified atom stereocenters. The van der Waals surface area contributed by atoms with Crippen molar-refractivity contribution in [3.05, 3.63) is 102 Å². The second kappa shape index (κ2) is 9.65. The minimum absolute atomic E-state index is 0. The fourth-order valence-electron chi connectivity index (χ4n) is 4.62. The topological polar surface area (TPSA) is 114 Å². The van der Waals surface area contributed by atoms with Crippen LogP contribution in [-0.2, 0) is 40.1 Å². The third kappa shape index (κ3) is 4.30. The molecule has 2 aliphatic rings. The van der Waals surface area contributed by atoms with E-state index < -0.39 is 20.0 Å². The number of hydrogen-bond acceptors (Lipinski definition) is 6. The molecule has 191 valence electrons. The van der Waals surface area contributed by atoms with Gasteiger partial charge in [-0.15, -0.1) is 23.8 Å². The van der Waals surface area contributed by atoms with E-state index in [0.717, 1.165) is 38.9 Å². The summed E-state index contributed by atoms with van der Waals surface area (Å²) in [7, 11) is -7.62. The predicted molar refractivity (Wildman–Crippen MR) is 140 cm³/mol. The number of sulfone groups is 1. The van der Waals surface area contributed by atoms with Crippen molar-refractivity contribution >= 4 is 43.0 Å². The molecule has 1 N–H and O–H groups in total. The Labute approximate surface area is 232 Å². The van der Waals surface area contributed by atoms with E-state index >= 15 is 0 Å². The van der Waals surface area contributed by atoms with Crippen molar-refractivity contribution < 1.29 is 41.5 Å². The molecule has 0 amide bonds. The van der Waals surface area contributed by atoms with Gasteiger partial charge in [-0.1, -0.05) is 60.2 Å². The summed E-state index contributed by atoms with van der Waals surface area (Å²) in [5.74, 6) is 0. The minimum atomic E-state index is -4.11. The number of aromatic nitrogens is 2. The van der Waals surface area contributed by atoms with Gasteiger partial charge >= 0.3 is 10.1 Å². The Morgan fingerprint density at radius 3 is 2.34 bits per heavy atom. The van der Waals surface area contributed by atoms with Gasteiger partial charge in [0.15, 0.2) is 14.9 Å². The van der Waals surface area contributed by atoms with Gasteiger partial charge in [0.2, 0.25) is 0 Å². The molecule has 7 nitrogen and oxygen atoms in total. The first-order valence-electron chi connectivity index (χ1n) is 11.1. The van der Waals surface area contributed by atoms with Gasteiger partial charge in [0, 0.05) is 31.7 Å². The van der Waals surface area contributed by atoms with Crippen molar-refractivity contribution in [2.75, 3.05) is 0 Å². The summed E-state index contributed by atoms with van der Waals surface area (Å²) in [5.41, 5.74) is 6.06. The molecule has 10 heteroatoms. The Bertz CT molecular complexity index is 1970. The van der Waals surface area contributed by atoms with Gasteiger partial charge in [0.25, 0.3) is 0 Å². The molecule has 7 rings (SSSR count). The molecular formula is C28H17IrN2O5S2-. The third-order valence-corrected chi connectivity index (χ3v) is 8.82. The van der Waals surface area contributed by atoms with Crippen LogP contribution in [-0.4, -0.2) is 31.4 Å². The van der Waals surface area contributed by atoms with Crippen molar-refractivity contribution in [1.29, 1.82) is 0 Å². The largest absolute Gasteiger partial charge is 0.312 e. The first kappa shape index (κ1) is 26.1. The molecule has 3 heterocycles. The van der Waals surface area contributed by atoms with Gasteiger partial charge in [-0.25, -0.2) is 13.4 Å². The average Bonchev–Trinajstić information content (AvgIpc) is 3.42. The quantitative estimate of drug-likeness (QED) is 0.190. The minimum Gasteiger partial charge on any atom is -0.296 e. The van der Waals surface area contributed by atoms with Gasteiger partial charge in [0.05, 0.1) is 10.4 Å². The number of nitrogens with zero attached hydrogens (tertiary/aromatic N) is 2. The van der Waals surface area contributed by atoms with Crippen LogP contribution in [0.2, 0.25) is 0 Å². The SMILES string of the molecule is O=S(=O)(O)c1ccccn1.O=S1(=O)c2ccccc2-c2c(-c3cc4c5c(cccc5n3)C=C4)[c-]ccc21.[Ir]. The summed E-state index contributed by atoms with van der Waals surface area (Å²) in [6.45, 7) is 0. The molecule has 5 aromatic rings. The molecule has 3 aromatic carbocycles. The van der Waals surface area contributed by atoms with Gasteiger partial charge < -0.3 is 0 Å². The van der Waals surface area contributed by atoms with Gasteiger partial charge in [-0.05, 0) is 51.5 Å². The van der Waals surface area contributed by atoms with E-state index in [0.29, 0.717) is 15.4 Å². The Hall–Kier alpha value is -3.53. The number of pyridine rings is 2. The predicted octanol–water partition coefficient (Wildman–Crippen LogP) is 5.32. The molecule has 0 spiro atoms. The van der Waals surface area contributed by atoms with Crippen LogP contribution in [0.1, 0.15) is 11.1 Å². The van der Waals surface area contributed by atoms with E-state index in [1.165, 1.54) is 18.3 Å². The van der Waals surface area contributed by atoms with Crippen molar-refractivity contribution in [2.24, 2.45) is 0 Å². The zero-order chi connectivity index (χ0) is 25.8. The Morgan fingerprint density at radius 1 is 0.842 bits per heavy atom. The molecule has 1 aliphatic heterocycles. The standard InChI is InChI=1S/C23H12NO2S.C5H5NO3S.Ir/c25-27(26)20-9-2-1-6-17(20)23-16(7-4-10-21(23)27)19-13-15-12-11-14-5-3-8-18(24-19)22(14)15;7-10(8,9)5-3-1-2-4-6-5;/h1-6,8-13H;1-4H,(H,7,8,9);/q-1;;. The van der Waals surface area contributed by atoms with Crippen molar-refractivity contribution in [3.8, 4) is 22.4 Å². The Morgan fingerprint density at radius 2 is 1.61 bits per heavy atom.